The number of aryl methyl sites for hydroxylation is 1. The molecule has 186 valence electrons. The third-order valence-electron chi connectivity index (χ3n) is 6.84. The first-order valence-corrected chi connectivity index (χ1v) is 12.4. The number of hydrogen-bond donors (Lipinski definition) is 1. The number of hydrogen-bond acceptors (Lipinski definition) is 4. The van der Waals surface area contributed by atoms with E-state index in [0.717, 1.165) is 11.1 Å². The number of nitrogens with one attached hydrogen (secondary N) is 1. The lowest BCUT2D eigenvalue weighted by molar-refractivity contribution is -0.144. The summed E-state index contributed by atoms with van der Waals surface area (Å²) in [5.41, 5.74) is 1.60. The lowest BCUT2D eigenvalue weighted by Crippen LogP contribution is -2.59. The van der Waals surface area contributed by atoms with Gasteiger partial charge in [-0.15, -0.1) is 0 Å². The Labute approximate surface area is 207 Å². The highest BCUT2D eigenvalue weighted by molar-refractivity contribution is 5.98. The van der Waals surface area contributed by atoms with Crippen molar-refractivity contribution in [2.75, 3.05) is 19.7 Å². The topological polar surface area (TPSA) is 79.0 Å². The van der Waals surface area contributed by atoms with Crippen LogP contribution in [-0.4, -0.2) is 59.0 Å². The van der Waals surface area contributed by atoms with Crippen LogP contribution in [0.5, 0.6) is 0 Å². The molecule has 2 saturated heterocycles. The minimum atomic E-state index is -0.899. The Hall–Kier alpha value is -3.19. The standard InChI is InChI=1S/C28H35N3O4/c1-20(2)16-25(32)30-14-12-28(13-15-30)31(27(34)23-11-7-8-21(3)17-23)24(19-35-28)26(33)29-18-22-9-5-4-6-10-22/h4-11,17,20,24H,12-16,18-19H2,1-3H3,(H,29,33)/t24-/m1/s1. The van der Waals surface area contributed by atoms with Gasteiger partial charge in [-0.1, -0.05) is 61.9 Å². The largest absolute Gasteiger partial charge is 0.353 e. The van der Waals surface area contributed by atoms with Crippen molar-refractivity contribution in [3.8, 4) is 0 Å². The van der Waals surface area contributed by atoms with E-state index in [2.05, 4.69) is 5.32 Å². The summed E-state index contributed by atoms with van der Waals surface area (Å²) in [6, 6.07) is 16.4. The van der Waals surface area contributed by atoms with E-state index >= 15 is 0 Å². The first-order valence-electron chi connectivity index (χ1n) is 12.4. The second-order valence-corrected chi connectivity index (χ2v) is 10.00. The molecule has 7 heteroatoms. The van der Waals surface area contributed by atoms with E-state index in [9.17, 15) is 14.4 Å². The van der Waals surface area contributed by atoms with E-state index in [4.69, 9.17) is 4.74 Å². The van der Waals surface area contributed by atoms with Gasteiger partial charge in [0.1, 0.15) is 11.8 Å². The molecule has 2 aliphatic heterocycles. The number of piperidine rings is 1. The minimum absolute atomic E-state index is 0.126. The summed E-state index contributed by atoms with van der Waals surface area (Å²) in [7, 11) is 0. The van der Waals surface area contributed by atoms with E-state index in [1.807, 2.05) is 74.2 Å². The molecule has 1 spiro atoms. The summed E-state index contributed by atoms with van der Waals surface area (Å²) in [4.78, 5) is 43.2. The van der Waals surface area contributed by atoms with Crippen LogP contribution in [0, 0.1) is 12.8 Å². The molecular formula is C28H35N3O4. The van der Waals surface area contributed by atoms with E-state index in [0.29, 0.717) is 50.4 Å². The molecule has 0 radical (unpaired) electrons. The van der Waals surface area contributed by atoms with Crippen molar-refractivity contribution in [3.63, 3.8) is 0 Å². The molecule has 4 rings (SSSR count). The molecule has 1 N–H and O–H groups in total. The zero-order valence-electron chi connectivity index (χ0n) is 20.8. The van der Waals surface area contributed by atoms with Crippen molar-refractivity contribution in [1.82, 2.24) is 15.1 Å². The first-order chi connectivity index (χ1) is 16.8. The Morgan fingerprint density at radius 2 is 1.77 bits per heavy atom. The van der Waals surface area contributed by atoms with Crippen molar-refractivity contribution in [2.24, 2.45) is 5.92 Å². The van der Waals surface area contributed by atoms with Gasteiger partial charge in [0.2, 0.25) is 11.8 Å². The maximum Gasteiger partial charge on any atom is 0.256 e. The van der Waals surface area contributed by atoms with Gasteiger partial charge >= 0.3 is 0 Å². The Morgan fingerprint density at radius 3 is 2.43 bits per heavy atom. The number of nitrogens with zero attached hydrogens (tertiary/aromatic N) is 2. The Morgan fingerprint density at radius 1 is 1.06 bits per heavy atom. The number of amides is 3. The molecule has 7 nitrogen and oxygen atoms in total. The fourth-order valence-electron chi connectivity index (χ4n) is 4.97. The van der Waals surface area contributed by atoms with Gasteiger partial charge in [0, 0.05) is 44.5 Å². The van der Waals surface area contributed by atoms with Gasteiger partial charge in [0.25, 0.3) is 5.91 Å². The molecule has 2 aromatic carbocycles. The minimum Gasteiger partial charge on any atom is -0.353 e. The van der Waals surface area contributed by atoms with Gasteiger partial charge < -0.3 is 15.0 Å². The molecule has 3 amide bonds. The molecule has 0 aliphatic carbocycles. The Bertz CT molecular complexity index is 1060. The first kappa shape index (κ1) is 24.9. The van der Waals surface area contributed by atoms with Crippen molar-refractivity contribution in [2.45, 2.75) is 58.3 Å². The van der Waals surface area contributed by atoms with Gasteiger partial charge in [-0.25, -0.2) is 0 Å². The lowest BCUT2D eigenvalue weighted by Gasteiger charge is -2.44. The number of likely N-dealkylation sites (tertiary alicyclic amines) is 1. The zero-order valence-corrected chi connectivity index (χ0v) is 20.8. The summed E-state index contributed by atoms with van der Waals surface area (Å²) in [5, 5.41) is 2.98. The Kier molecular flexibility index (Phi) is 7.55. The van der Waals surface area contributed by atoms with Crippen LogP contribution in [0.25, 0.3) is 0 Å². The molecular weight excluding hydrogens is 442 g/mol. The van der Waals surface area contributed by atoms with Gasteiger partial charge in [-0.05, 0) is 30.5 Å². The van der Waals surface area contributed by atoms with Gasteiger partial charge in [-0.3, -0.25) is 19.3 Å². The van der Waals surface area contributed by atoms with Crippen LogP contribution in [0.15, 0.2) is 54.6 Å². The predicted molar refractivity (Wildman–Crippen MR) is 133 cm³/mol. The molecule has 2 aliphatic rings. The fraction of sp³-hybridized carbons (Fsp3) is 0.464. The summed E-state index contributed by atoms with van der Waals surface area (Å²) in [6.45, 7) is 7.53. The number of benzene rings is 2. The predicted octanol–water partition coefficient (Wildman–Crippen LogP) is 3.52. The molecule has 0 saturated carbocycles. The lowest BCUT2D eigenvalue weighted by atomic mass is 9.95. The highest BCUT2D eigenvalue weighted by Crippen LogP contribution is 2.38. The van der Waals surface area contributed by atoms with Crippen molar-refractivity contribution in [1.29, 1.82) is 0 Å². The summed E-state index contributed by atoms with van der Waals surface area (Å²) >= 11 is 0. The zero-order chi connectivity index (χ0) is 25.0. The number of carbonyl (C=O) groups excluding carboxylic acids is 3. The smallest absolute Gasteiger partial charge is 0.256 e. The second-order valence-electron chi connectivity index (χ2n) is 10.00. The summed E-state index contributed by atoms with van der Waals surface area (Å²) in [5.74, 6) is -0.0298. The number of rotatable bonds is 6. The van der Waals surface area contributed by atoms with Gasteiger partial charge in [0.05, 0.1) is 6.61 Å². The second kappa shape index (κ2) is 10.6. The molecule has 35 heavy (non-hydrogen) atoms. The van der Waals surface area contributed by atoms with Gasteiger partial charge in [-0.2, -0.15) is 0 Å². The highest BCUT2D eigenvalue weighted by atomic mass is 16.5. The third-order valence-corrected chi connectivity index (χ3v) is 6.84. The molecule has 2 aromatic rings. The fourth-order valence-corrected chi connectivity index (χ4v) is 4.97. The van der Waals surface area contributed by atoms with Crippen LogP contribution in [-0.2, 0) is 20.9 Å². The molecule has 0 bridgehead atoms. The average molecular weight is 478 g/mol. The molecule has 2 fully saturated rings. The normalized spacial score (nSPS) is 19.3. The molecule has 0 unspecified atom stereocenters. The number of ether oxygens (including phenoxy) is 1. The van der Waals surface area contributed by atoms with Crippen LogP contribution in [0.4, 0.5) is 0 Å². The SMILES string of the molecule is Cc1cccc(C(=O)N2[C@@H](C(=O)NCc3ccccc3)COC23CCN(C(=O)CC(C)C)CC3)c1. The van der Waals surface area contributed by atoms with Crippen molar-refractivity contribution in [3.05, 3.63) is 71.3 Å². The average Bonchev–Trinajstić information content (AvgIpc) is 3.21. The third kappa shape index (κ3) is 5.56. The highest BCUT2D eigenvalue weighted by Gasteiger charge is 2.54. The number of carbonyl (C=O) groups is 3. The van der Waals surface area contributed by atoms with E-state index < -0.39 is 11.8 Å². The van der Waals surface area contributed by atoms with E-state index in [-0.39, 0.29) is 24.3 Å². The van der Waals surface area contributed by atoms with Crippen LogP contribution in [0.2, 0.25) is 0 Å². The van der Waals surface area contributed by atoms with Crippen LogP contribution >= 0.6 is 0 Å². The maximum atomic E-state index is 13.8. The van der Waals surface area contributed by atoms with Crippen molar-refractivity contribution >= 4 is 17.7 Å². The van der Waals surface area contributed by atoms with Crippen LogP contribution in [0.1, 0.15) is 54.6 Å². The maximum absolute atomic E-state index is 13.8. The quantitative estimate of drug-likeness (QED) is 0.691. The molecule has 2 heterocycles. The monoisotopic (exact) mass is 477 g/mol. The molecule has 0 aromatic heterocycles. The summed E-state index contributed by atoms with van der Waals surface area (Å²) < 4.78 is 6.27. The van der Waals surface area contributed by atoms with Crippen molar-refractivity contribution < 1.29 is 19.1 Å². The summed E-state index contributed by atoms with van der Waals surface area (Å²) in [6.07, 6.45) is 1.47. The van der Waals surface area contributed by atoms with Gasteiger partial charge in [0.15, 0.2) is 0 Å². The van der Waals surface area contributed by atoms with E-state index in [1.165, 1.54) is 0 Å². The van der Waals surface area contributed by atoms with Crippen LogP contribution < -0.4 is 5.32 Å². The van der Waals surface area contributed by atoms with Crippen LogP contribution in [0.3, 0.4) is 0 Å². The van der Waals surface area contributed by atoms with E-state index in [1.54, 1.807) is 11.0 Å². The Balaban J connectivity index is 1.55. The molecule has 1 atom stereocenters.